The third kappa shape index (κ3) is 4.99. The fraction of sp³-hybridized carbons (Fsp3) is 0.500. The maximum Gasteiger partial charge on any atom is 0.223 e. The number of benzene rings is 1. The normalized spacial score (nSPS) is 17.6. The van der Waals surface area contributed by atoms with Crippen molar-refractivity contribution in [3.8, 4) is 5.75 Å². The molecule has 0 atom stereocenters. The smallest absolute Gasteiger partial charge is 0.223 e. The SMILES string of the molecule is COc1cccc(CNC(=O)C2CCN(c3cc(N4CCOCC4)ncn3)CC2)c1. The number of morpholine rings is 1. The molecule has 30 heavy (non-hydrogen) atoms. The van der Waals surface area contributed by atoms with E-state index in [4.69, 9.17) is 9.47 Å². The number of anilines is 2. The summed E-state index contributed by atoms with van der Waals surface area (Å²) >= 11 is 0. The van der Waals surface area contributed by atoms with E-state index in [1.165, 1.54) is 0 Å². The van der Waals surface area contributed by atoms with E-state index >= 15 is 0 Å². The average Bonchev–Trinajstić information content (AvgIpc) is 2.83. The summed E-state index contributed by atoms with van der Waals surface area (Å²) in [7, 11) is 1.65. The van der Waals surface area contributed by atoms with E-state index in [9.17, 15) is 4.79 Å². The Morgan fingerprint density at radius 3 is 2.50 bits per heavy atom. The summed E-state index contributed by atoms with van der Waals surface area (Å²) in [6.45, 7) is 5.32. The maximum atomic E-state index is 12.6. The van der Waals surface area contributed by atoms with Gasteiger partial charge in [-0.3, -0.25) is 4.79 Å². The zero-order chi connectivity index (χ0) is 20.8. The fourth-order valence-electron chi connectivity index (χ4n) is 3.96. The van der Waals surface area contributed by atoms with E-state index in [-0.39, 0.29) is 11.8 Å². The van der Waals surface area contributed by atoms with Crippen LogP contribution in [0.25, 0.3) is 0 Å². The van der Waals surface area contributed by atoms with Crippen molar-refractivity contribution in [3.63, 3.8) is 0 Å². The number of nitrogens with zero attached hydrogens (tertiary/aromatic N) is 4. The molecule has 2 aliphatic heterocycles. The first-order valence-electron chi connectivity index (χ1n) is 10.5. The molecule has 2 aliphatic rings. The molecule has 0 radical (unpaired) electrons. The van der Waals surface area contributed by atoms with E-state index in [0.29, 0.717) is 6.54 Å². The van der Waals surface area contributed by atoms with Crippen LogP contribution in [0.4, 0.5) is 11.6 Å². The van der Waals surface area contributed by atoms with Gasteiger partial charge >= 0.3 is 0 Å². The Labute approximate surface area is 177 Å². The molecule has 8 nitrogen and oxygen atoms in total. The van der Waals surface area contributed by atoms with Crippen LogP contribution in [0, 0.1) is 5.92 Å². The Morgan fingerprint density at radius 2 is 1.80 bits per heavy atom. The lowest BCUT2D eigenvalue weighted by molar-refractivity contribution is -0.125. The summed E-state index contributed by atoms with van der Waals surface area (Å²) in [4.78, 5) is 26.0. The summed E-state index contributed by atoms with van der Waals surface area (Å²) < 4.78 is 10.7. The van der Waals surface area contributed by atoms with Crippen molar-refractivity contribution in [3.05, 3.63) is 42.2 Å². The number of hydrogen-bond acceptors (Lipinski definition) is 7. The number of nitrogens with one attached hydrogen (secondary N) is 1. The number of aromatic nitrogens is 2. The first kappa shape index (κ1) is 20.4. The number of hydrogen-bond donors (Lipinski definition) is 1. The summed E-state index contributed by atoms with van der Waals surface area (Å²) in [5.74, 6) is 2.83. The monoisotopic (exact) mass is 411 g/mol. The van der Waals surface area contributed by atoms with Crippen molar-refractivity contribution in [1.29, 1.82) is 0 Å². The largest absolute Gasteiger partial charge is 0.497 e. The second-order valence-corrected chi connectivity index (χ2v) is 7.66. The highest BCUT2D eigenvalue weighted by Gasteiger charge is 2.26. The van der Waals surface area contributed by atoms with Crippen LogP contribution in [0.1, 0.15) is 18.4 Å². The Bertz CT molecular complexity index is 848. The number of methoxy groups -OCH3 is 1. The van der Waals surface area contributed by atoms with Crippen molar-refractivity contribution in [1.82, 2.24) is 15.3 Å². The molecule has 8 heteroatoms. The van der Waals surface area contributed by atoms with Gasteiger partial charge < -0.3 is 24.6 Å². The van der Waals surface area contributed by atoms with Crippen LogP contribution in [0.5, 0.6) is 5.75 Å². The van der Waals surface area contributed by atoms with Crippen LogP contribution in [0.3, 0.4) is 0 Å². The molecule has 1 aromatic heterocycles. The van der Waals surface area contributed by atoms with E-state index < -0.39 is 0 Å². The van der Waals surface area contributed by atoms with E-state index in [2.05, 4.69) is 31.2 Å². The predicted molar refractivity (Wildman–Crippen MR) is 115 cm³/mol. The summed E-state index contributed by atoms with van der Waals surface area (Å²) in [5, 5.41) is 3.07. The lowest BCUT2D eigenvalue weighted by Gasteiger charge is -2.33. The molecule has 2 saturated heterocycles. The molecule has 0 spiro atoms. The van der Waals surface area contributed by atoms with Gasteiger partial charge in [0.1, 0.15) is 23.7 Å². The van der Waals surface area contributed by atoms with Crippen molar-refractivity contribution >= 4 is 17.5 Å². The van der Waals surface area contributed by atoms with Crippen molar-refractivity contribution in [2.24, 2.45) is 5.92 Å². The minimum atomic E-state index is 0.0346. The Hall–Kier alpha value is -2.87. The lowest BCUT2D eigenvalue weighted by Crippen LogP contribution is -2.41. The van der Waals surface area contributed by atoms with Gasteiger partial charge in [0.25, 0.3) is 0 Å². The first-order chi connectivity index (χ1) is 14.7. The topological polar surface area (TPSA) is 79.8 Å². The highest BCUT2D eigenvalue weighted by atomic mass is 16.5. The molecule has 1 amide bonds. The standard InChI is InChI=1S/C22H29N5O3/c1-29-19-4-2-3-17(13-19)15-23-22(28)18-5-7-26(8-6-18)20-14-21(25-16-24-20)27-9-11-30-12-10-27/h2-4,13-14,16,18H,5-12,15H2,1H3,(H,23,28). The average molecular weight is 412 g/mol. The van der Waals surface area contributed by atoms with Gasteiger partial charge in [-0.2, -0.15) is 0 Å². The van der Waals surface area contributed by atoms with Crippen LogP contribution < -0.4 is 19.9 Å². The van der Waals surface area contributed by atoms with Gasteiger partial charge in [-0.1, -0.05) is 12.1 Å². The number of carbonyl (C=O) groups is 1. The van der Waals surface area contributed by atoms with Gasteiger partial charge in [0.05, 0.1) is 20.3 Å². The number of ether oxygens (including phenoxy) is 2. The third-order valence-corrected chi connectivity index (χ3v) is 5.76. The highest BCUT2D eigenvalue weighted by Crippen LogP contribution is 2.24. The van der Waals surface area contributed by atoms with E-state index in [1.807, 2.05) is 24.3 Å². The van der Waals surface area contributed by atoms with Crippen molar-refractivity contribution in [2.45, 2.75) is 19.4 Å². The number of rotatable bonds is 6. The minimum absolute atomic E-state index is 0.0346. The molecule has 1 aromatic carbocycles. The Balaban J connectivity index is 1.28. The second kappa shape index (κ2) is 9.75. The maximum absolute atomic E-state index is 12.6. The minimum Gasteiger partial charge on any atom is -0.497 e. The third-order valence-electron chi connectivity index (χ3n) is 5.76. The lowest BCUT2D eigenvalue weighted by atomic mass is 9.96. The summed E-state index contributed by atoms with van der Waals surface area (Å²) in [6.07, 6.45) is 3.27. The summed E-state index contributed by atoms with van der Waals surface area (Å²) in [5.41, 5.74) is 1.04. The molecule has 4 rings (SSSR count). The molecule has 2 aromatic rings. The zero-order valence-electron chi connectivity index (χ0n) is 17.4. The molecule has 160 valence electrons. The van der Waals surface area contributed by atoms with Crippen LogP contribution in [0.2, 0.25) is 0 Å². The van der Waals surface area contributed by atoms with Gasteiger partial charge in [-0.15, -0.1) is 0 Å². The van der Waals surface area contributed by atoms with Gasteiger partial charge in [0.2, 0.25) is 5.91 Å². The van der Waals surface area contributed by atoms with Gasteiger partial charge in [0, 0.05) is 44.7 Å². The fourth-order valence-corrected chi connectivity index (χ4v) is 3.96. The van der Waals surface area contributed by atoms with E-state index in [1.54, 1.807) is 13.4 Å². The van der Waals surface area contributed by atoms with Gasteiger partial charge in [-0.05, 0) is 30.5 Å². The number of carbonyl (C=O) groups excluding carboxylic acids is 1. The summed E-state index contributed by atoms with van der Waals surface area (Å²) in [6, 6.07) is 9.83. The molecular formula is C22H29N5O3. The molecule has 1 N–H and O–H groups in total. The van der Waals surface area contributed by atoms with Crippen LogP contribution in [-0.4, -0.2) is 62.4 Å². The number of piperidine rings is 1. The highest BCUT2D eigenvalue weighted by molar-refractivity contribution is 5.79. The van der Waals surface area contributed by atoms with Gasteiger partial charge in [0.15, 0.2) is 0 Å². The number of amides is 1. The molecule has 0 saturated carbocycles. The van der Waals surface area contributed by atoms with Crippen LogP contribution in [0.15, 0.2) is 36.7 Å². The molecule has 0 unspecified atom stereocenters. The van der Waals surface area contributed by atoms with Crippen molar-refractivity contribution < 1.29 is 14.3 Å². The van der Waals surface area contributed by atoms with Crippen molar-refractivity contribution in [2.75, 3.05) is 56.3 Å². The molecule has 2 fully saturated rings. The quantitative estimate of drug-likeness (QED) is 0.777. The Morgan fingerprint density at radius 1 is 1.10 bits per heavy atom. The Kier molecular flexibility index (Phi) is 6.63. The molecular weight excluding hydrogens is 382 g/mol. The van der Waals surface area contributed by atoms with E-state index in [0.717, 1.165) is 75.2 Å². The predicted octanol–water partition coefficient (Wildman–Crippen LogP) is 1.85. The van der Waals surface area contributed by atoms with Crippen LogP contribution in [-0.2, 0) is 16.1 Å². The zero-order valence-corrected chi connectivity index (χ0v) is 17.4. The first-order valence-corrected chi connectivity index (χ1v) is 10.5. The second-order valence-electron chi connectivity index (χ2n) is 7.66. The van der Waals surface area contributed by atoms with Crippen LogP contribution >= 0.6 is 0 Å². The molecule has 3 heterocycles. The molecule has 0 aliphatic carbocycles. The molecule has 0 bridgehead atoms. The van der Waals surface area contributed by atoms with Gasteiger partial charge in [-0.25, -0.2) is 9.97 Å².